The predicted molar refractivity (Wildman–Crippen MR) is 89.0 cm³/mol. The van der Waals surface area contributed by atoms with Crippen molar-refractivity contribution in [3.05, 3.63) is 16.9 Å². The van der Waals surface area contributed by atoms with E-state index in [1.807, 2.05) is 20.8 Å². The van der Waals surface area contributed by atoms with Crippen molar-refractivity contribution in [2.75, 3.05) is 12.3 Å². The molecule has 23 heavy (non-hydrogen) atoms. The molecule has 1 aromatic rings. The van der Waals surface area contributed by atoms with Gasteiger partial charge in [-0.2, -0.15) is 0 Å². The summed E-state index contributed by atoms with van der Waals surface area (Å²) in [7, 11) is -1.41. The average Bonchev–Trinajstić information content (AvgIpc) is 2.88. The van der Waals surface area contributed by atoms with Gasteiger partial charge in [0.2, 0.25) is 5.16 Å². The Morgan fingerprint density at radius 1 is 1.52 bits per heavy atom. The summed E-state index contributed by atoms with van der Waals surface area (Å²) in [4.78, 5) is 22.0. The first kappa shape index (κ1) is 18.1. The molecule has 1 fully saturated rings. The average molecular weight is 360 g/mol. The van der Waals surface area contributed by atoms with Crippen LogP contribution in [0.3, 0.4) is 0 Å². The number of carbonyl (C=O) groups is 1. The van der Waals surface area contributed by atoms with Crippen molar-refractivity contribution in [2.24, 2.45) is 0 Å². The first-order chi connectivity index (χ1) is 10.7. The van der Waals surface area contributed by atoms with Gasteiger partial charge in [0.15, 0.2) is 0 Å². The van der Waals surface area contributed by atoms with Crippen LogP contribution in [0.15, 0.2) is 11.4 Å². The van der Waals surface area contributed by atoms with E-state index >= 15 is 0 Å². The molecule has 0 unspecified atom stereocenters. The number of carbonyl (C=O) groups excluding carboxylic acids is 1. The topological polar surface area (TPSA) is 72.4 Å². The van der Waals surface area contributed by atoms with Gasteiger partial charge in [0.05, 0.1) is 16.6 Å². The van der Waals surface area contributed by atoms with Gasteiger partial charge in [-0.15, -0.1) is 0 Å². The highest BCUT2D eigenvalue weighted by Gasteiger charge is 2.33. The van der Waals surface area contributed by atoms with Gasteiger partial charge >= 0.3 is 6.09 Å². The number of aryl methyl sites for hydroxylation is 1. The fraction of sp³-hybridized carbons (Fsp3) is 0.667. The summed E-state index contributed by atoms with van der Waals surface area (Å²) in [5.74, 6) is 0.290. The fourth-order valence-corrected chi connectivity index (χ4v) is 3.72. The van der Waals surface area contributed by atoms with E-state index < -0.39 is 16.4 Å². The van der Waals surface area contributed by atoms with Crippen LogP contribution in [-0.4, -0.2) is 49.1 Å². The molecule has 128 valence electrons. The lowest BCUT2D eigenvalue weighted by molar-refractivity contribution is 0.0241. The monoisotopic (exact) mass is 359 g/mol. The largest absolute Gasteiger partial charge is 0.444 e. The Morgan fingerprint density at radius 2 is 2.22 bits per heavy atom. The Hall–Kier alpha value is -1.21. The maximum atomic E-state index is 12.5. The molecule has 8 heteroatoms. The molecule has 2 heterocycles. The SMILES string of the molecule is Cc1cnc([S@](=O)C[C@H]2CCCN2C(=O)OC(C)(C)C)nc1Cl. The van der Waals surface area contributed by atoms with Gasteiger partial charge in [-0.25, -0.2) is 14.8 Å². The number of halogens is 1. The molecule has 1 aliphatic rings. The van der Waals surface area contributed by atoms with Gasteiger partial charge < -0.3 is 9.64 Å². The van der Waals surface area contributed by atoms with Gasteiger partial charge in [-0.05, 0) is 40.5 Å². The summed E-state index contributed by atoms with van der Waals surface area (Å²) in [5, 5.41) is 0.510. The Kier molecular flexibility index (Phi) is 5.62. The van der Waals surface area contributed by atoms with E-state index in [0.717, 1.165) is 18.4 Å². The van der Waals surface area contributed by atoms with Crippen LogP contribution < -0.4 is 0 Å². The molecular weight excluding hydrogens is 338 g/mol. The minimum atomic E-state index is -1.41. The molecule has 0 aromatic carbocycles. The molecule has 0 bridgehead atoms. The van der Waals surface area contributed by atoms with Crippen molar-refractivity contribution in [1.82, 2.24) is 14.9 Å². The van der Waals surface area contributed by atoms with Crippen molar-refractivity contribution in [3.8, 4) is 0 Å². The Balaban J connectivity index is 2.04. The number of aromatic nitrogens is 2. The summed E-state index contributed by atoms with van der Waals surface area (Å²) in [6.45, 7) is 7.89. The molecule has 0 spiro atoms. The molecule has 1 amide bonds. The quantitative estimate of drug-likeness (QED) is 0.612. The number of nitrogens with zero attached hydrogens (tertiary/aromatic N) is 3. The fourth-order valence-electron chi connectivity index (χ4n) is 2.34. The maximum absolute atomic E-state index is 12.5. The summed E-state index contributed by atoms with van der Waals surface area (Å²) in [6.07, 6.45) is 2.86. The van der Waals surface area contributed by atoms with E-state index in [1.54, 1.807) is 18.0 Å². The van der Waals surface area contributed by atoms with Gasteiger partial charge in [0.25, 0.3) is 0 Å². The smallest absolute Gasteiger partial charge is 0.410 e. The van der Waals surface area contributed by atoms with E-state index in [1.165, 1.54) is 0 Å². The zero-order valence-electron chi connectivity index (χ0n) is 13.8. The molecule has 0 radical (unpaired) electrons. The van der Waals surface area contributed by atoms with Crippen molar-refractivity contribution in [3.63, 3.8) is 0 Å². The van der Waals surface area contributed by atoms with E-state index in [2.05, 4.69) is 9.97 Å². The normalized spacial score (nSPS) is 19.7. The molecule has 1 saturated heterocycles. The second-order valence-electron chi connectivity index (χ2n) is 6.61. The zero-order valence-corrected chi connectivity index (χ0v) is 15.4. The summed E-state index contributed by atoms with van der Waals surface area (Å²) in [6, 6.07) is -0.130. The molecule has 2 atom stereocenters. The van der Waals surface area contributed by atoms with Crippen molar-refractivity contribution in [2.45, 2.75) is 57.3 Å². The number of hydrogen-bond donors (Lipinski definition) is 0. The first-order valence-electron chi connectivity index (χ1n) is 7.54. The van der Waals surface area contributed by atoms with Crippen molar-refractivity contribution >= 4 is 28.5 Å². The first-order valence-corrected chi connectivity index (χ1v) is 9.24. The molecular formula is C15H22ClN3O3S. The van der Waals surface area contributed by atoms with E-state index in [-0.39, 0.29) is 17.3 Å². The molecule has 6 nitrogen and oxygen atoms in total. The third-order valence-corrected chi connectivity index (χ3v) is 5.11. The maximum Gasteiger partial charge on any atom is 0.410 e. The summed E-state index contributed by atoms with van der Waals surface area (Å²) >= 11 is 5.96. The lowest BCUT2D eigenvalue weighted by Crippen LogP contribution is -2.42. The van der Waals surface area contributed by atoms with Gasteiger partial charge in [-0.3, -0.25) is 4.21 Å². The van der Waals surface area contributed by atoms with E-state index in [0.29, 0.717) is 17.5 Å². The molecule has 0 N–H and O–H groups in total. The van der Waals surface area contributed by atoms with Gasteiger partial charge in [-0.1, -0.05) is 11.6 Å². The molecule has 2 rings (SSSR count). The molecule has 0 saturated carbocycles. The van der Waals surface area contributed by atoms with Crippen LogP contribution in [0.25, 0.3) is 0 Å². The third kappa shape index (κ3) is 4.88. The minimum absolute atomic E-state index is 0.130. The van der Waals surface area contributed by atoms with E-state index in [4.69, 9.17) is 16.3 Å². The van der Waals surface area contributed by atoms with Crippen molar-refractivity contribution in [1.29, 1.82) is 0 Å². The van der Waals surface area contributed by atoms with Crippen LogP contribution in [0.5, 0.6) is 0 Å². The van der Waals surface area contributed by atoms with Gasteiger partial charge in [0.1, 0.15) is 10.8 Å². The highest BCUT2D eigenvalue weighted by molar-refractivity contribution is 7.84. The Bertz CT molecular complexity index is 618. The van der Waals surface area contributed by atoms with Crippen LogP contribution in [0, 0.1) is 6.92 Å². The second-order valence-corrected chi connectivity index (χ2v) is 8.36. The van der Waals surface area contributed by atoms with Crippen LogP contribution in [0.4, 0.5) is 4.79 Å². The Morgan fingerprint density at radius 3 is 2.83 bits per heavy atom. The summed E-state index contributed by atoms with van der Waals surface area (Å²) < 4.78 is 17.9. The lowest BCUT2D eigenvalue weighted by atomic mass is 10.2. The standard InChI is InChI=1S/C15H22ClN3O3S/c1-10-8-17-13(18-12(10)16)23(21)9-11-6-5-7-19(11)14(20)22-15(2,3)4/h8,11H,5-7,9H2,1-4H3/t11-,23-/m1/s1. The number of likely N-dealkylation sites (tertiary alicyclic amines) is 1. The Labute approximate surface area is 144 Å². The van der Waals surface area contributed by atoms with Crippen molar-refractivity contribution < 1.29 is 13.7 Å². The second kappa shape index (κ2) is 7.13. The number of ether oxygens (including phenoxy) is 1. The minimum Gasteiger partial charge on any atom is -0.444 e. The van der Waals surface area contributed by atoms with E-state index in [9.17, 15) is 9.00 Å². The van der Waals surface area contributed by atoms with Crippen LogP contribution in [0.2, 0.25) is 5.15 Å². The molecule has 0 aliphatic carbocycles. The van der Waals surface area contributed by atoms with Crippen LogP contribution in [-0.2, 0) is 15.5 Å². The third-order valence-electron chi connectivity index (χ3n) is 3.44. The molecule has 1 aromatic heterocycles. The number of amides is 1. The predicted octanol–water partition coefficient (Wildman–Crippen LogP) is 2.95. The number of hydrogen-bond acceptors (Lipinski definition) is 5. The summed E-state index contributed by atoms with van der Waals surface area (Å²) in [5.41, 5.74) is 0.195. The number of rotatable bonds is 3. The highest BCUT2D eigenvalue weighted by atomic mass is 35.5. The van der Waals surface area contributed by atoms with Crippen LogP contribution >= 0.6 is 11.6 Å². The molecule has 1 aliphatic heterocycles. The lowest BCUT2D eigenvalue weighted by Gasteiger charge is -2.28. The highest BCUT2D eigenvalue weighted by Crippen LogP contribution is 2.22. The zero-order chi connectivity index (χ0) is 17.2. The van der Waals surface area contributed by atoms with Gasteiger partial charge in [0, 0.05) is 24.3 Å². The van der Waals surface area contributed by atoms with Crippen LogP contribution in [0.1, 0.15) is 39.2 Å².